The Labute approximate surface area is 114 Å². The Hall–Kier alpha value is -1.46. The minimum atomic E-state index is -0.195. The summed E-state index contributed by atoms with van der Waals surface area (Å²) in [6.45, 7) is 6.47. The first-order chi connectivity index (χ1) is 9.00. The van der Waals surface area contributed by atoms with Gasteiger partial charge in [0.2, 0.25) is 5.91 Å². The fraction of sp³-hybridized carbons (Fsp3) is 0.571. The van der Waals surface area contributed by atoms with E-state index in [2.05, 4.69) is 22.1 Å². The van der Waals surface area contributed by atoms with Gasteiger partial charge in [0.1, 0.15) is 5.82 Å². The van der Waals surface area contributed by atoms with Crippen LogP contribution in [0.5, 0.6) is 0 Å². The molecule has 0 radical (unpaired) electrons. The minimum Gasteiger partial charge on any atom is -0.380 e. The molecule has 0 bridgehead atoms. The van der Waals surface area contributed by atoms with Gasteiger partial charge in [-0.3, -0.25) is 9.69 Å². The van der Waals surface area contributed by atoms with E-state index in [-0.39, 0.29) is 17.4 Å². The molecule has 2 rings (SSSR count). The molecule has 0 aromatic carbocycles. The number of rotatable bonds is 5. The molecule has 1 amide bonds. The highest BCUT2D eigenvalue weighted by atomic mass is 16.5. The molecule has 0 spiro atoms. The summed E-state index contributed by atoms with van der Waals surface area (Å²) in [6, 6.07) is 5.26. The first kappa shape index (κ1) is 14.0. The second-order valence-corrected chi connectivity index (χ2v) is 5.60. The lowest BCUT2D eigenvalue weighted by molar-refractivity contribution is -0.129. The summed E-state index contributed by atoms with van der Waals surface area (Å²) in [5, 5.41) is 2.82. The molecule has 104 valence electrons. The predicted octanol–water partition coefficient (Wildman–Crippen LogP) is 1.38. The number of aromatic nitrogens is 1. The van der Waals surface area contributed by atoms with Crippen molar-refractivity contribution in [1.82, 2.24) is 9.88 Å². The summed E-state index contributed by atoms with van der Waals surface area (Å²) in [7, 11) is 1.96. The molecule has 0 saturated carbocycles. The standard InChI is InChI=1S/C14H21N3O2/c1-11(17(3)8-14(2)9-19-10-14)13(18)16-12-6-4-5-7-15-12/h4-7,11H,8-10H2,1-3H3,(H,15,16,18)/t11-/m0/s1. The summed E-state index contributed by atoms with van der Waals surface area (Å²) < 4.78 is 5.24. The quantitative estimate of drug-likeness (QED) is 0.872. The first-order valence-electron chi connectivity index (χ1n) is 6.50. The van der Waals surface area contributed by atoms with Gasteiger partial charge in [-0.25, -0.2) is 4.98 Å². The number of hydrogen-bond acceptors (Lipinski definition) is 4. The summed E-state index contributed by atoms with van der Waals surface area (Å²) in [5.74, 6) is 0.552. The van der Waals surface area contributed by atoms with Crippen LogP contribution in [0.1, 0.15) is 13.8 Å². The molecule has 19 heavy (non-hydrogen) atoms. The van der Waals surface area contributed by atoms with Gasteiger partial charge in [-0.2, -0.15) is 0 Å². The van der Waals surface area contributed by atoms with Gasteiger partial charge in [0.15, 0.2) is 0 Å². The molecule has 1 fully saturated rings. The second kappa shape index (κ2) is 5.67. The first-order valence-corrected chi connectivity index (χ1v) is 6.50. The largest absolute Gasteiger partial charge is 0.380 e. The van der Waals surface area contributed by atoms with Gasteiger partial charge < -0.3 is 10.1 Å². The number of pyridine rings is 1. The Kier molecular flexibility index (Phi) is 4.17. The highest BCUT2D eigenvalue weighted by Crippen LogP contribution is 2.27. The van der Waals surface area contributed by atoms with Crippen LogP contribution in [0, 0.1) is 5.41 Å². The highest BCUT2D eigenvalue weighted by Gasteiger charge is 2.36. The molecule has 0 aliphatic carbocycles. The minimum absolute atomic E-state index is 0.0370. The third-order valence-electron chi connectivity index (χ3n) is 3.49. The van der Waals surface area contributed by atoms with E-state index in [4.69, 9.17) is 4.74 Å². The van der Waals surface area contributed by atoms with Crippen molar-refractivity contribution in [3.05, 3.63) is 24.4 Å². The van der Waals surface area contributed by atoms with Gasteiger partial charge in [-0.05, 0) is 26.1 Å². The number of likely N-dealkylation sites (N-methyl/N-ethyl adjacent to an activating group) is 1. The molecule has 1 atom stereocenters. The van der Waals surface area contributed by atoms with E-state index in [9.17, 15) is 4.79 Å². The van der Waals surface area contributed by atoms with Gasteiger partial charge in [-0.1, -0.05) is 13.0 Å². The third-order valence-corrected chi connectivity index (χ3v) is 3.49. The molecular weight excluding hydrogens is 242 g/mol. The molecule has 5 nitrogen and oxygen atoms in total. The lowest BCUT2D eigenvalue weighted by atomic mass is 9.88. The van der Waals surface area contributed by atoms with Crippen LogP contribution in [0.3, 0.4) is 0 Å². The van der Waals surface area contributed by atoms with Crippen LogP contribution in [0.2, 0.25) is 0 Å². The number of carbonyl (C=O) groups excluding carboxylic acids is 1. The molecule has 1 aliphatic rings. The Morgan fingerprint density at radius 1 is 1.58 bits per heavy atom. The van der Waals surface area contributed by atoms with E-state index in [0.29, 0.717) is 5.82 Å². The Bertz CT molecular complexity index is 432. The lowest BCUT2D eigenvalue weighted by Gasteiger charge is -2.42. The molecule has 1 aliphatic heterocycles. The van der Waals surface area contributed by atoms with E-state index < -0.39 is 0 Å². The van der Waals surface area contributed by atoms with Crippen LogP contribution in [-0.4, -0.2) is 48.6 Å². The number of nitrogens with one attached hydrogen (secondary N) is 1. The second-order valence-electron chi connectivity index (χ2n) is 5.60. The highest BCUT2D eigenvalue weighted by molar-refractivity contribution is 5.93. The molecule has 1 aromatic heterocycles. The smallest absolute Gasteiger partial charge is 0.242 e. The molecule has 5 heteroatoms. The van der Waals surface area contributed by atoms with Crippen molar-refractivity contribution in [3.8, 4) is 0 Å². The summed E-state index contributed by atoms with van der Waals surface area (Å²) >= 11 is 0. The van der Waals surface area contributed by atoms with E-state index in [1.54, 1.807) is 12.3 Å². The fourth-order valence-electron chi connectivity index (χ4n) is 2.15. The van der Waals surface area contributed by atoms with Crippen LogP contribution >= 0.6 is 0 Å². The fourth-order valence-corrected chi connectivity index (χ4v) is 2.15. The zero-order chi connectivity index (χ0) is 13.9. The molecule has 2 heterocycles. The van der Waals surface area contributed by atoms with Crippen LogP contribution in [0.4, 0.5) is 5.82 Å². The molecule has 1 saturated heterocycles. The van der Waals surface area contributed by atoms with Crippen molar-refractivity contribution in [1.29, 1.82) is 0 Å². The van der Waals surface area contributed by atoms with Crippen molar-refractivity contribution in [2.24, 2.45) is 5.41 Å². The summed E-state index contributed by atoms with van der Waals surface area (Å²) in [6.07, 6.45) is 1.66. The topological polar surface area (TPSA) is 54.5 Å². The number of anilines is 1. The van der Waals surface area contributed by atoms with E-state index >= 15 is 0 Å². The maximum Gasteiger partial charge on any atom is 0.242 e. The van der Waals surface area contributed by atoms with E-state index in [1.165, 1.54) is 0 Å². The van der Waals surface area contributed by atoms with Gasteiger partial charge in [0.25, 0.3) is 0 Å². The van der Waals surface area contributed by atoms with Crippen LogP contribution in [0.15, 0.2) is 24.4 Å². The zero-order valence-electron chi connectivity index (χ0n) is 11.7. The molecule has 1 N–H and O–H groups in total. The van der Waals surface area contributed by atoms with Crippen LogP contribution < -0.4 is 5.32 Å². The molecular formula is C14H21N3O2. The van der Waals surface area contributed by atoms with Crippen LogP contribution in [0.25, 0.3) is 0 Å². The third kappa shape index (κ3) is 3.52. The number of nitrogens with zero attached hydrogens (tertiary/aromatic N) is 2. The maximum atomic E-state index is 12.1. The monoisotopic (exact) mass is 263 g/mol. The van der Waals surface area contributed by atoms with Gasteiger partial charge in [0.05, 0.1) is 19.3 Å². The number of ether oxygens (including phenoxy) is 1. The van der Waals surface area contributed by atoms with E-state index in [1.807, 2.05) is 26.1 Å². The van der Waals surface area contributed by atoms with Crippen molar-refractivity contribution in [3.63, 3.8) is 0 Å². The number of amides is 1. The van der Waals surface area contributed by atoms with E-state index in [0.717, 1.165) is 19.8 Å². The zero-order valence-corrected chi connectivity index (χ0v) is 11.7. The summed E-state index contributed by atoms with van der Waals surface area (Å²) in [5.41, 5.74) is 0.175. The maximum absolute atomic E-state index is 12.1. The summed E-state index contributed by atoms with van der Waals surface area (Å²) in [4.78, 5) is 18.3. The number of carbonyl (C=O) groups is 1. The Morgan fingerprint density at radius 2 is 2.32 bits per heavy atom. The van der Waals surface area contributed by atoms with Gasteiger partial charge in [0, 0.05) is 18.2 Å². The normalized spacial score (nSPS) is 18.7. The Balaban J connectivity index is 1.87. The van der Waals surface area contributed by atoms with Crippen molar-refractivity contribution in [2.45, 2.75) is 19.9 Å². The number of hydrogen-bond donors (Lipinski definition) is 1. The van der Waals surface area contributed by atoms with Crippen LogP contribution in [-0.2, 0) is 9.53 Å². The predicted molar refractivity (Wildman–Crippen MR) is 73.9 cm³/mol. The molecule has 0 unspecified atom stereocenters. The van der Waals surface area contributed by atoms with Crippen molar-refractivity contribution in [2.75, 3.05) is 32.1 Å². The van der Waals surface area contributed by atoms with Gasteiger partial charge in [-0.15, -0.1) is 0 Å². The van der Waals surface area contributed by atoms with Crippen molar-refractivity contribution < 1.29 is 9.53 Å². The van der Waals surface area contributed by atoms with Gasteiger partial charge >= 0.3 is 0 Å². The average Bonchev–Trinajstić information content (AvgIpc) is 2.37. The average molecular weight is 263 g/mol. The Morgan fingerprint density at radius 3 is 2.84 bits per heavy atom. The SMILES string of the molecule is C[C@@H](C(=O)Nc1ccccn1)N(C)CC1(C)COC1. The van der Waals surface area contributed by atoms with Crippen molar-refractivity contribution >= 4 is 11.7 Å². The lowest BCUT2D eigenvalue weighted by Crippen LogP contribution is -2.51. The molecule has 1 aromatic rings.